The summed E-state index contributed by atoms with van der Waals surface area (Å²) >= 11 is 9.80. The van der Waals surface area contributed by atoms with E-state index in [0.29, 0.717) is 5.02 Å². The number of carbonyl (C=O) groups excluding carboxylic acids is 1. The van der Waals surface area contributed by atoms with Crippen LogP contribution in [0.5, 0.6) is 0 Å². The quantitative estimate of drug-likeness (QED) is 0.573. The third kappa shape index (κ3) is 3.09. The highest BCUT2D eigenvalue weighted by molar-refractivity contribution is 9.10. The Morgan fingerprint density at radius 2 is 1.96 bits per heavy atom. The van der Waals surface area contributed by atoms with Crippen molar-refractivity contribution in [3.8, 4) is 16.9 Å². The predicted octanol–water partition coefficient (Wildman–Crippen LogP) is 5.05. The molecule has 122 valence electrons. The lowest BCUT2D eigenvalue weighted by Gasteiger charge is -2.11. The van der Waals surface area contributed by atoms with E-state index in [1.807, 2.05) is 43.3 Å². The molecule has 0 unspecified atom stereocenters. The van der Waals surface area contributed by atoms with Crippen LogP contribution in [0.3, 0.4) is 0 Å². The normalized spacial score (nSPS) is 10.7. The van der Waals surface area contributed by atoms with Crippen LogP contribution >= 0.6 is 27.5 Å². The number of aryl methyl sites for hydroxylation is 1. The minimum Gasteiger partial charge on any atom is -0.464 e. The molecule has 0 radical (unpaired) electrons. The van der Waals surface area contributed by atoms with Crippen LogP contribution in [0.4, 0.5) is 0 Å². The zero-order valence-electron chi connectivity index (χ0n) is 13.1. The molecule has 0 saturated heterocycles. The molecule has 24 heavy (non-hydrogen) atoms. The van der Waals surface area contributed by atoms with E-state index in [4.69, 9.17) is 16.3 Å². The van der Waals surface area contributed by atoms with E-state index in [0.717, 1.165) is 27.0 Å². The largest absolute Gasteiger partial charge is 0.464 e. The van der Waals surface area contributed by atoms with Crippen LogP contribution in [0.1, 0.15) is 16.1 Å². The number of nitrogens with zero attached hydrogens (tertiary/aromatic N) is 2. The zero-order valence-corrected chi connectivity index (χ0v) is 15.4. The fraction of sp³-hybridized carbons (Fsp3) is 0.111. The van der Waals surface area contributed by atoms with E-state index in [2.05, 4.69) is 21.0 Å². The molecule has 0 aliphatic heterocycles. The van der Waals surface area contributed by atoms with Gasteiger partial charge in [-0.1, -0.05) is 45.7 Å². The first-order chi connectivity index (χ1) is 11.5. The fourth-order valence-electron chi connectivity index (χ4n) is 2.49. The van der Waals surface area contributed by atoms with Crippen molar-refractivity contribution in [2.45, 2.75) is 6.92 Å². The topological polar surface area (TPSA) is 44.1 Å². The van der Waals surface area contributed by atoms with Gasteiger partial charge in [0, 0.05) is 15.1 Å². The molecule has 2 aromatic carbocycles. The fourth-order valence-corrected chi connectivity index (χ4v) is 3.19. The minimum atomic E-state index is -0.489. The van der Waals surface area contributed by atoms with Gasteiger partial charge in [0.15, 0.2) is 5.69 Å². The summed E-state index contributed by atoms with van der Waals surface area (Å²) in [4.78, 5) is 11.9. The number of esters is 1. The molecular formula is C18H14BrClN2O2. The summed E-state index contributed by atoms with van der Waals surface area (Å²) in [5.41, 5.74) is 3.63. The van der Waals surface area contributed by atoms with Crippen molar-refractivity contribution >= 4 is 33.5 Å². The van der Waals surface area contributed by atoms with Gasteiger partial charge in [-0.2, -0.15) is 5.10 Å². The van der Waals surface area contributed by atoms with Crippen LogP contribution in [0, 0.1) is 6.92 Å². The molecule has 0 N–H and O–H groups in total. The molecule has 6 heteroatoms. The van der Waals surface area contributed by atoms with Crippen molar-refractivity contribution in [3.05, 3.63) is 69.3 Å². The number of hydrogen-bond donors (Lipinski definition) is 0. The third-order valence-electron chi connectivity index (χ3n) is 3.64. The average Bonchev–Trinajstić information content (AvgIpc) is 2.99. The first-order valence-corrected chi connectivity index (χ1v) is 8.38. The van der Waals surface area contributed by atoms with Crippen LogP contribution in [0.2, 0.25) is 5.02 Å². The SMILES string of the molecule is COC(=O)c1cc(-c2ccccc2Cl)n(-c2ccc(Br)cc2C)n1. The Labute approximate surface area is 153 Å². The summed E-state index contributed by atoms with van der Waals surface area (Å²) < 4.78 is 7.49. The maximum absolute atomic E-state index is 11.9. The van der Waals surface area contributed by atoms with Gasteiger partial charge in [0.2, 0.25) is 0 Å². The highest BCUT2D eigenvalue weighted by atomic mass is 79.9. The van der Waals surface area contributed by atoms with Gasteiger partial charge in [0.1, 0.15) is 0 Å². The monoisotopic (exact) mass is 404 g/mol. The summed E-state index contributed by atoms with van der Waals surface area (Å²) in [5, 5.41) is 5.02. The van der Waals surface area contributed by atoms with E-state index in [1.54, 1.807) is 16.8 Å². The van der Waals surface area contributed by atoms with Gasteiger partial charge in [-0.15, -0.1) is 0 Å². The number of benzene rings is 2. The molecule has 0 fully saturated rings. The number of methoxy groups -OCH3 is 1. The van der Waals surface area contributed by atoms with Gasteiger partial charge in [-0.3, -0.25) is 0 Å². The van der Waals surface area contributed by atoms with Crippen molar-refractivity contribution in [1.29, 1.82) is 0 Å². The minimum absolute atomic E-state index is 0.231. The second-order valence-corrected chi connectivity index (χ2v) is 6.55. The molecule has 0 aliphatic carbocycles. The first-order valence-electron chi connectivity index (χ1n) is 7.21. The molecule has 1 aromatic heterocycles. The van der Waals surface area contributed by atoms with Crippen molar-refractivity contribution < 1.29 is 9.53 Å². The van der Waals surface area contributed by atoms with Crippen LogP contribution in [-0.4, -0.2) is 22.9 Å². The van der Waals surface area contributed by atoms with Gasteiger partial charge in [0.25, 0.3) is 0 Å². The van der Waals surface area contributed by atoms with Crippen LogP contribution < -0.4 is 0 Å². The molecule has 0 spiro atoms. The van der Waals surface area contributed by atoms with Crippen molar-refractivity contribution in [3.63, 3.8) is 0 Å². The van der Waals surface area contributed by atoms with Crippen molar-refractivity contribution in [1.82, 2.24) is 9.78 Å². The summed E-state index contributed by atoms with van der Waals surface area (Å²) in [6, 6.07) is 15.0. The van der Waals surface area contributed by atoms with Crippen molar-refractivity contribution in [2.24, 2.45) is 0 Å². The van der Waals surface area contributed by atoms with E-state index in [-0.39, 0.29) is 5.69 Å². The second-order valence-electron chi connectivity index (χ2n) is 5.23. The average molecular weight is 406 g/mol. The Bertz CT molecular complexity index is 921. The van der Waals surface area contributed by atoms with E-state index in [9.17, 15) is 4.79 Å². The maximum atomic E-state index is 11.9. The van der Waals surface area contributed by atoms with E-state index in [1.165, 1.54) is 7.11 Å². The highest BCUT2D eigenvalue weighted by Crippen LogP contribution is 2.31. The van der Waals surface area contributed by atoms with Crippen LogP contribution in [0.15, 0.2) is 53.0 Å². The molecule has 3 rings (SSSR count). The van der Waals surface area contributed by atoms with E-state index >= 15 is 0 Å². The predicted molar refractivity (Wildman–Crippen MR) is 97.8 cm³/mol. The van der Waals surface area contributed by atoms with Crippen LogP contribution in [0.25, 0.3) is 16.9 Å². The smallest absolute Gasteiger partial charge is 0.358 e. The van der Waals surface area contributed by atoms with Gasteiger partial charge < -0.3 is 4.74 Å². The Morgan fingerprint density at radius 3 is 2.62 bits per heavy atom. The number of halogens is 2. The molecule has 0 atom stereocenters. The van der Waals surface area contributed by atoms with Gasteiger partial charge in [-0.25, -0.2) is 9.48 Å². The van der Waals surface area contributed by atoms with Gasteiger partial charge in [-0.05, 0) is 42.8 Å². The molecule has 1 heterocycles. The van der Waals surface area contributed by atoms with Crippen LogP contribution in [-0.2, 0) is 4.74 Å². The number of rotatable bonds is 3. The zero-order chi connectivity index (χ0) is 17.3. The summed E-state index contributed by atoms with van der Waals surface area (Å²) in [5.74, 6) is -0.489. The lowest BCUT2D eigenvalue weighted by atomic mass is 10.1. The molecular weight excluding hydrogens is 392 g/mol. The standard InChI is InChI=1S/C18H14BrClN2O2/c1-11-9-12(19)7-8-16(11)22-17(10-15(21-22)18(23)24-2)13-5-3-4-6-14(13)20/h3-10H,1-2H3. The molecule has 0 saturated carbocycles. The van der Waals surface area contributed by atoms with Gasteiger partial charge in [0.05, 0.1) is 18.5 Å². The summed E-state index contributed by atoms with van der Waals surface area (Å²) in [7, 11) is 1.33. The summed E-state index contributed by atoms with van der Waals surface area (Å²) in [6.07, 6.45) is 0. The lowest BCUT2D eigenvalue weighted by Crippen LogP contribution is -2.05. The lowest BCUT2D eigenvalue weighted by molar-refractivity contribution is 0.0593. The van der Waals surface area contributed by atoms with E-state index < -0.39 is 5.97 Å². The molecule has 4 nitrogen and oxygen atoms in total. The molecule has 0 aliphatic rings. The third-order valence-corrected chi connectivity index (χ3v) is 4.46. The number of aromatic nitrogens is 2. The number of ether oxygens (including phenoxy) is 1. The first kappa shape index (κ1) is 16.7. The number of hydrogen-bond acceptors (Lipinski definition) is 3. The maximum Gasteiger partial charge on any atom is 0.358 e. The molecule has 0 bridgehead atoms. The van der Waals surface area contributed by atoms with Crippen molar-refractivity contribution in [2.75, 3.05) is 7.11 Å². The Kier molecular flexibility index (Phi) is 4.73. The van der Waals surface area contributed by atoms with Gasteiger partial charge >= 0.3 is 5.97 Å². The Morgan fingerprint density at radius 1 is 1.21 bits per heavy atom. The highest BCUT2D eigenvalue weighted by Gasteiger charge is 2.19. The molecule has 0 amide bonds. The molecule has 3 aromatic rings. The Hall–Kier alpha value is -2.11. The Balaban J connectivity index is 2.26. The number of carbonyl (C=O) groups is 1. The second kappa shape index (κ2) is 6.79. The summed E-state index contributed by atoms with van der Waals surface area (Å²) in [6.45, 7) is 1.98.